The molecule has 0 amide bonds. The van der Waals surface area contributed by atoms with Crippen LogP contribution in [0, 0.1) is 0 Å². The number of morpholine rings is 1. The zero-order valence-corrected chi connectivity index (χ0v) is 17.4. The van der Waals surface area contributed by atoms with E-state index in [0.717, 1.165) is 45.4 Å². The minimum absolute atomic E-state index is 0. The topological polar surface area (TPSA) is 48.9 Å². The third-order valence-electron chi connectivity index (χ3n) is 3.69. The molecule has 1 saturated heterocycles. The Kier molecular flexibility index (Phi) is 10.3. The fourth-order valence-corrected chi connectivity index (χ4v) is 2.61. The van der Waals surface area contributed by atoms with Crippen molar-refractivity contribution in [1.82, 2.24) is 15.5 Å². The van der Waals surface area contributed by atoms with Crippen LogP contribution in [-0.4, -0.2) is 49.7 Å². The Labute approximate surface area is 163 Å². The highest BCUT2D eigenvalue weighted by Crippen LogP contribution is 2.10. The van der Waals surface area contributed by atoms with Gasteiger partial charge in [-0.3, -0.25) is 4.90 Å². The van der Waals surface area contributed by atoms with Gasteiger partial charge in [0.1, 0.15) is 0 Å². The molecule has 1 aromatic carbocycles. The Morgan fingerprint density at radius 1 is 1.25 bits per heavy atom. The van der Waals surface area contributed by atoms with E-state index < -0.39 is 0 Å². The molecule has 1 fully saturated rings. The van der Waals surface area contributed by atoms with Crippen LogP contribution < -0.4 is 10.6 Å². The van der Waals surface area contributed by atoms with Crippen molar-refractivity contribution in [1.29, 1.82) is 0 Å². The number of aliphatic imine (C=N–C) groups is 1. The Balaban J connectivity index is 0.00000288. The molecular weight excluding hydrogens is 415 g/mol. The normalized spacial score (nSPS) is 15.9. The molecular formula is C18H31IN4O. The number of ether oxygens (including phenoxy) is 1. The molecule has 24 heavy (non-hydrogen) atoms. The molecule has 1 aromatic rings. The molecule has 5 nitrogen and oxygen atoms in total. The van der Waals surface area contributed by atoms with Gasteiger partial charge < -0.3 is 15.4 Å². The minimum Gasteiger partial charge on any atom is -0.379 e. The molecule has 0 bridgehead atoms. The molecule has 0 saturated carbocycles. The van der Waals surface area contributed by atoms with Gasteiger partial charge in [0.2, 0.25) is 0 Å². The third kappa shape index (κ3) is 7.81. The maximum Gasteiger partial charge on any atom is 0.191 e. The molecule has 0 unspecified atom stereocenters. The van der Waals surface area contributed by atoms with Crippen LogP contribution in [0.15, 0.2) is 29.3 Å². The van der Waals surface area contributed by atoms with Crippen molar-refractivity contribution in [2.75, 3.05) is 32.8 Å². The zero-order valence-electron chi connectivity index (χ0n) is 15.0. The SMILES string of the molecule is CCNC(=NCc1cccc(CN2CCOCC2)c1)NC(C)C.I. The van der Waals surface area contributed by atoms with Gasteiger partial charge in [-0.1, -0.05) is 24.3 Å². The number of guanidine groups is 1. The number of hydrogen-bond donors (Lipinski definition) is 2. The number of hydrogen-bond acceptors (Lipinski definition) is 3. The van der Waals surface area contributed by atoms with Crippen LogP contribution >= 0.6 is 24.0 Å². The van der Waals surface area contributed by atoms with Crippen LogP contribution in [0.25, 0.3) is 0 Å². The number of nitrogens with one attached hydrogen (secondary N) is 2. The van der Waals surface area contributed by atoms with Gasteiger partial charge in [-0.05, 0) is 31.9 Å². The van der Waals surface area contributed by atoms with Crippen molar-refractivity contribution in [2.24, 2.45) is 4.99 Å². The first-order valence-electron chi connectivity index (χ1n) is 8.60. The Morgan fingerprint density at radius 3 is 2.62 bits per heavy atom. The number of rotatable bonds is 6. The summed E-state index contributed by atoms with van der Waals surface area (Å²) in [6.07, 6.45) is 0. The summed E-state index contributed by atoms with van der Waals surface area (Å²) in [5, 5.41) is 6.63. The predicted molar refractivity (Wildman–Crippen MR) is 111 cm³/mol. The Hall–Kier alpha value is -0.860. The first kappa shape index (κ1) is 21.2. The highest BCUT2D eigenvalue weighted by Gasteiger charge is 2.10. The first-order chi connectivity index (χ1) is 11.2. The average Bonchev–Trinajstić information content (AvgIpc) is 2.54. The molecule has 6 heteroatoms. The average molecular weight is 446 g/mol. The van der Waals surface area contributed by atoms with Gasteiger partial charge >= 0.3 is 0 Å². The van der Waals surface area contributed by atoms with Crippen LogP contribution in [0.2, 0.25) is 0 Å². The number of halogens is 1. The summed E-state index contributed by atoms with van der Waals surface area (Å²) in [5.41, 5.74) is 2.60. The number of nitrogens with zero attached hydrogens (tertiary/aromatic N) is 2. The standard InChI is InChI=1S/C18H30N4O.HI/c1-4-19-18(21-15(2)3)20-13-16-6-5-7-17(12-16)14-22-8-10-23-11-9-22;/h5-7,12,15H,4,8-11,13-14H2,1-3H3,(H2,19,20,21);1H. The molecule has 0 aliphatic carbocycles. The lowest BCUT2D eigenvalue weighted by molar-refractivity contribution is 0.0342. The lowest BCUT2D eigenvalue weighted by Crippen LogP contribution is -2.41. The predicted octanol–water partition coefficient (Wildman–Crippen LogP) is 2.60. The van der Waals surface area contributed by atoms with Crippen molar-refractivity contribution in [2.45, 2.75) is 39.9 Å². The van der Waals surface area contributed by atoms with E-state index in [1.165, 1.54) is 11.1 Å². The molecule has 0 atom stereocenters. The summed E-state index contributed by atoms with van der Waals surface area (Å²) in [7, 11) is 0. The van der Waals surface area contributed by atoms with E-state index in [-0.39, 0.29) is 24.0 Å². The summed E-state index contributed by atoms with van der Waals surface area (Å²) in [4.78, 5) is 7.11. The Bertz CT molecular complexity index is 502. The second-order valence-electron chi connectivity index (χ2n) is 6.20. The van der Waals surface area contributed by atoms with E-state index in [9.17, 15) is 0 Å². The zero-order chi connectivity index (χ0) is 16.5. The van der Waals surface area contributed by atoms with Gasteiger partial charge in [0, 0.05) is 32.2 Å². The second kappa shape index (κ2) is 11.7. The molecule has 0 aromatic heterocycles. The number of benzene rings is 1. The van der Waals surface area contributed by atoms with Crippen molar-refractivity contribution in [3.8, 4) is 0 Å². The molecule has 1 heterocycles. The Morgan fingerprint density at radius 2 is 1.96 bits per heavy atom. The largest absolute Gasteiger partial charge is 0.379 e. The summed E-state index contributed by atoms with van der Waals surface area (Å²) in [5.74, 6) is 0.876. The molecule has 2 rings (SSSR count). The molecule has 2 N–H and O–H groups in total. The van der Waals surface area contributed by atoms with Crippen molar-refractivity contribution < 1.29 is 4.74 Å². The van der Waals surface area contributed by atoms with Crippen LogP contribution in [0.1, 0.15) is 31.9 Å². The van der Waals surface area contributed by atoms with E-state index in [1.54, 1.807) is 0 Å². The molecule has 1 aliphatic heterocycles. The summed E-state index contributed by atoms with van der Waals surface area (Å²) < 4.78 is 5.41. The van der Waals surface area contributed by atoms with Crippen molar-refractivity contribution in [3.05, 3.63) is 35.4 Å². The van der Waals surface area contributed by atoms with Crippen LogP contribution in [0.5, 0.6) is 0 Å². The maximum atomic E-state index is 5.41. The fraction of sp³-hybridized carbons (Fsp3) is 0.611. The van der Waals surface area contributed by atoms with Crippen LogP contribution in [-0.2, 0) is 17.8 Å². The molecule has 1 aliphatic rings. The van der Waals surface area contributed by atoms with E-state index >= 15 is 0 Å². The van der Waals surface area contributed by atoms with Gasteiger partial charge in [0.15, 0.2) is 5.96 Å². The molecule has 0 spiro atoms. The fourth-order valence-electron chi connectivity index (χ4n) is 2.61. The second-order valence-corrected chi connectivity index (χ2v) is 6.20. The lowest BCUT2D eigenvalue weighted by atomic mass is 10.1. The lowest BCUT2D eigenvalue weighted by Gasteiger charge is -2.26. The van der Waals surface area contributed by atoms with E-state index in [1.807, 2.05) is 0 Å². The summed E-state index contributed by atoms with van der Waals surface area (Å²) >= 11 is 0. The van der Waals surface area contributed by atoms with Gasteiger partial charge in [-0.25, -0.2) is 4.99 Å². The highest BCUT2D eigenvalue weighted by molar-refractivity contribution is 14.0. The van der Waals surface area contributed by atoms with Crippen LogP contribution in [0.3, 0.4) is 0 Å². The van der Waals surface area contributed by atoms with Crippen molar-refractivity contribution >= 4 is 29.9 Å². The molecule has 136 valence electrons. The van der Waals surface area contributed by atoms with Crippen LogP contribution in [0.4, 0.5) is 0 Å². The van der Waals surface area contributed by atoms with Gasteiger partial charge in [-0.2, -0.15) is 0 Å². The summed E-state index contributed by atoms with van der Waals surface area (Å²) in [6.45, 7) is 12.6. The van der Waals surface area contributed by atoms with Gasteiger partial charge in [0.25, 0.3) is 0 Å². The highest BCUT2D eigenvalue weighted by atomic mass is 127. The quantitative estimate of drug-likeness (QED) is 0.401. The molecule has 0 radical (unpaired) electrons. The van der Waals surface area contributed by atoms with E-state index in [4.69, 9.17) is 4.74 Å². The van der Waals surface area contributed by atoms with E-state index in [2.05, 4.69) is 65.6 Å². The van der Waals surface area contributed by atoms with Crippen molar-refractivity contribution in [3.63, 3.8) is 0 Å². The maximum absolute atomic E-state index is 5.41. The van der Waals surface area contributed by atoms with E-state index in [0.29, 0.717) is 12.6 Å². The summed E-state index contributed by atoms with van der Waals surface area (Å²) in [6, 6.07) is 9.10. The monoisotopic (exact) mass is 446 g/mol. The minimum atomic E-state index is 0. The smallest absolute Gasteiger partial charge is 0.191 e. The third-order valence-corrected chi connectivity index (χ3v) is 3.69. The van der Waals surface area contributed by atoms with Gasteiger partial charge in [0.05, 0.1) is 19.8 Å². The van der Waals surface area contributed by atoms with Gasteiger partial charge in [-0.15, -0.1) is 24.0 Å². The first-order valence-corrected chi connectivity index (χ1v) is 8.60.